The number of aromatic hydroxyl groups is 1. The summed E-state index contributed by atoms with van der Waals surface area (Å²) >= 11 is 5.99. The van der Waals surface area contributed by atoms with Gasteiger partial charge in [0.05, 0.1) is 5.69 Å². The Hall–Kier alpha value is -3.57. The highest BCUT2D eigenvalue weighted by molar-refractivity contribution is 6.30. The number of anilines is 1. The van der Waals surface area contributed by atoms with E-state index in [-0.39, 0.29) is 11.7 Å². The Morgan fingerprint density at radius 3 is 2.41 bits per heavy atom. The van der Waals surface area contributed by atoms with Gasteiger partial charge in [-0.1, -0.05) is 54.1 Å². The smallest absolute Gasteiger partial charge is 0.220 e. The third kappa shape index (κ3) is 4.31. The number of ether oxygens (including phenoxy) is 1. The second-order valence-electron chi connectivity index (χ2n) is 6.45. The number of nitrogen functional groups attached to an aromatic ring is 1. The van der Waals surface area contributed by atoms with Crippen molar-refractivity contribution in [3.05, 3.63) is 89.6 Å². The topological polar surface area (TPSA) is 81.3 Å². The Kier molecular flexibility index (Phi) is 5.31. The molecule has 0 bridgehead atoms. The van der Waals surface area contributed by atoms with Crippen LogP contribution in [-0.4, -0.2) is 15.1 Å². The summed E-state index contributed by atoms with van der Waals surface area (Å²) in [4.78, 5) is 8.46. The number of rotatable bonds is 5. The minimum absolute atomic E-state index is 0.0453. The number of aromatic nitrogens is 2. The van der Waals surface area contributed by atoms with Crippen LogP contribution in [0.1, 0.15) is 5.56 Å². The number of phenolic OH excluding ortho intramolecular Hbond substituents is 1. The molecule has 0 saturated heterocycles. The predicted molar refractivity (Wildman–Crippen MR) is 115 cm³/mol. The number of benzene rings is 3. The molecule has 1 aromatic heterocycles. The van der Waals surface area contributed by atoms with Gasteiger partial charge in [-0.25, -0.2) is 9.97 Å². The molecule has 4 rings (SSSR count). The quantitative estimate of drug-likeness (QED) is 0.470. The molecule has 3 aromatic carbocycles. The largest absolute Gasteiger partial charge is 0.507 e. The maximum atomic E-state index is 10.6. The van der Waals surface area contributed by atoms with Crippen LogP contribution >= 0.6 is 11.6 Å². The number of hydrogen-bond donors (Lipinski definition) is 2. The van der Waals surface area contributed by atoms with Gasteiger partial charge in [0.1, 0.15) is 18.1 Å². The predicted octanol–water partition coefficient (Wildman–Crippen LogP) is 5.33. The minimum atomic E-state index is 0.0453. The lowest BCUT2D eigenvalue weighted by Crippen LogP contribution is -1.99. The van der Waals surface area contributed by atoms with E-state index in [0.29, 0.717) is 28.6 Å². The van der Waals surface area contributed by atoms with Gasteiger partial charge in [-0.3, -0.25) is 0 Å². The molecule has 0 atom stereocenters. The van der Waals surface area contributed by atoms with E-state index in [1.54, 1.807) is 36.5 Å². The summed E-state index contributed by atoms with van der Waals surface area (Å²) in [7, 11) is 0. The van der Waals surface area contributed by atoms with Crippen molar-refractivity contribution in [3.63, 3.8) is 0 Å². The maximum Gasteiger partial charge on any atom is 0.220 e. The van der Waals surface area contributed by atoms with Crippen LogP contribution in [0.4, 0.5) is 5.95 Å². The Labute approximate surface area is 173 Å². The van der Waals surface area contributed by atoms with E-state index in [1.165, 1.54) is 0 Å². The molecule has 3 N–H and O–H groups in total. The summed E-state index contributed by atoms with van der Waals surface area (Å²) in [6.07, 6.45) is 1.64. The first-order valence-electron chi connectivity index (χ1n) is 8.99. The van der Waals surface area contributed by atoms with Crippen molar-refractivity contribution < 1.29 is 9.84 Å². The van der Waals surface area contributed by atoms with Gasteiger partial charge in [-0.05, 0) is 35.4 Å². The molecule has 4 aromatic rings. The third-order valence-electron chi connectivity index (χ3n) is 4.44. The molecule has 29 heavy (non-hydrogen) atoms. The molecular weight excluding hydrogens is 386 g/mol. The van der Waals surface area contributed by atoms with Gasteiger partial charge in [-0.2, -0.15) is 0 Å². The van der Waals surface area contributed by atoms with Crippen LogP contribution in [0.25, 0.3) is 22.4 Å². The monoisotopic (exact) mass is 403 g/mol. The van der Waals surface area contributed by atoms with Crippen molar-refractivity contribution in [2.75, 3.05) is 5.73 Å². The summed E-state index contributed by atoms with van der Waals surface area (Å²) in [5, 5.41) is 11.3. The zero-order chi connectivity index (χ0) is 20.2. The van der Waals surface area contributed by atoms with Gasteiger partial charge in [0.25, 0.3) is 0 Å². The molecule has 0 aliphatic rings. The second kappa shape index (κ2) is 8.20. The molecule has 6 heteroatoms. The van der Waals surface area contributed by atoms with Gasteiger partial charge in [-0.15, -0.1) is 0 Å². The standard InChI is InChI=1S/C23H18ClN3O2/c24-17-8-6-16(7-9-17)20-13-26-23(25)27-22(20)19-11-10-18(12-21(19)28)29-14-15-4-2-1-3-5-15/h1-13,28H,14H2,(H2,25,26,27). The van der Waals surface area contributed by atoms with E-state index in [1.807, 2.05) is 42.5 Å². The second-order valence-corrected chi connectivity index (χ2v) is 6.89. The molecule has 0 unspecified atom stereocenters. The van der Waals surface area contributed by atoms with Gasteiger partial charge in [0, 0.05) is 28.4 Å². The fourth-order valence-electron chi connectivity index (χ4n) is 2.98. The third-order valence-corrected chi connectivity index (χ3v) is 4.69. The molecule has 144 valence electrons. The SMILES string of the molecule is Nc1ncc(-c2ccc(Cl)cc2)c(-c2ccc(OCc3ccccc3)cc2O)n1. The van der Waals surface area contributed by atoms with Crippen LogP contribution in [0.2, 0.25) is 5.02 Å². The molecule has 0 aliphatic heterocycles. The average molecular weight is 404 g/mol. The summed E-state index contributed by atoms with van der Waals surface area (Å²) in [6, 6.07) is 22.3. The van der Waals surface area contributed by atoms with E-state index < -0.39 is 0 Å². The molecule has 0 amide bonds. The molecule has 0 fully saturated rings. The first-order chi connectivity index (χ1) is 14.1. The number of halogens is 1. The summed E-state index contributed by atoms with van der Waals surface area (Å²) in [5.74, 6) is 0.732. The fraction of sp³-hybridized carbons (Fsp3) is 0.0435. The lowest BCUT2D eigenvalue weighted by molar-refractivity contribution is 0.304. The Bertz CT molecular complexity index is 1130. The Morgan fingerprint density at radius 2 is 1.69 bits per heavy atom. The van der Waals surface area contributed by atoms with Crippen molar-refractivity contribution in [2.24, 2.45) is 0 Å². The molecule has 0 aliphatic carbocycles. The van der Waals surface area contributed by atoms with Gasteiger partial charge in [0.2, 0.25) is 5.95 Å². The summed E-state index contributed by atoms with van der Waals surface area (Å²) < 4.78 is 5.78. The van der Waals surface area contributed by atoms with Crippen LogP contribution in [0.5, 0.6) is 11.5 Å². The molecular formula is C23H18ClN3O2. The minimum Gasteiger partial charge on any atom is -0.507 e. The van der Waals surface area contributed by atoms with E-state index in [0.717, 1.165) is 16.7 Å². The van der Waals surface area contributed by atoms with E-state index in [9.17, 15) is 5.11 Å². The van der Waals surface area contributed by atoms with Crippen LogP contribution in [-0.2, 0) is 6.61 Å². The average Bonchev–Trinajstić information content (AvgIpc) is 2.74. The van der Waals surface area contributed by atoms with Crippen molar-refractivity contribution in [2.45, 2.75) is 6.61 Å². The number of phenols is 1. The van der Waals surface area contributed by atoms with Crippen molar-refractivity contribution >= 4 is 17.5 Å². The molecule has 0 saturated carbocycles. The highest BCUT2D eigenvalue weighted by Crippen LogP contribution is 2.37. The lowest BCUT2D eigenvalue weighted by Gasteiger charge is -2.13. The number of nitrogens with two attached hydrogens (primary N) is 1. The highest BCUT2D eigenvalue weighted by atomic mass is 35.5. The summed E-state index contributed by atoms with van der Waals surface area (Å²) in [5.41, 5.74) is 9.54. The zero-order valence-electron chi connectivity index (χ0n) is 15.4. The van der Waals surface area contributed by atoms with Crippen molar-refractivity contribution in [1.82, 2.24) is 9.97 Å². The van der Waals surface area contributed by atoms with Crippen LogP contribution in [0.15, 0.2) is 79.0 Å². The van der Waals surface area contributed by atoms with E-state index >= 15 is 0 Å². The van der Waals surface area contributed by atoms with Crippen LogP contribution in [0, 0.1) is 0 Å². The number of nitrogens with zero attached hydrogens (tertiary/aromatic N) is 2. The van der Waals surface area contributed by atoms with Gasteiger partial charge < -0.3 is 15.6 Å². The molecule has 1 heterocycles. The van der Waals surface area contributed by atoms with Crippen LogP contribution in [0.3, 0.4) is 0 Å². The first kappa shape index (κ1) is 18.8. The van der Waals surface area contributed by atoms with Gasteiger partial charge in [0.15, 0.2) is 0 Å². The molecule has 0 radical (unpaired) electrons. The first-order valence-corrected chi connectivity index (χ1v) is 9.36. The number of hydrogen-bond acceptors (Lipinski definition) is 5. The van der Waals surface area contributed by atoms with E-state index in [2.05, 4.69) is 9.97 Å². The fourth-order valence-corrected chi connectivity index (χ4v) is 3.11. The van der Waals surface area contributed by atoms with Gasteiger partial charge >= 0.3 is 0 Å². The molecule has 5 nitrogen and oxygen atoms in total. The summed E-state index contributed by atoms with van der Waals surface area (Å²) in [6.45, 7) is 0.413. The lowest BCUT2D eigenvalue weighted by atomic mass is 10.00. The Balaban J connectivity index is 1.66. The van der Waals surface area contributed by atoms with Crippen LogP contribution < -0.4 is 10.5 Å². The zero-order valence-corrected chi connectivity index (χ0v) is 16.2. The maximum absolute atomic E-state index is 10.6. The van der Waals surface area contributed by atoms with Crippen molar-refractivity contribution in [1.29, 1.82) is 0 Å². The van der Waals surface area contributed by atoms with Crippen molar-refractivity contribution in [3.8, 4) is 33.9 Å². The highest BCUT2D eigenvalue weighted by Gasteiger charge is 2.15. The molecule has 0 spiro atoms. The normalized spacial score (nSPS) is 10.7. The van der Waals surface area contributed by atoms with E-state index in [4.69, 9.17) is 22.1 Å². The Morgan fingerprint density at radius 1 is 0.931 bits per heavy atom.